The Morgan fingerprint density at radius 2 is 1.76 bits per heavy atom. The Morgan fingerprint density at radius 3 is 2.29 bits per heavy atom. The Morgan fingerprint density at radius 1 is 1.18 bits per heavy atom. The average molecular weight is 263 g/mol. The van der Waals surface area contributed by atoms with Gasteiger partial charge in [-0.2, -0.15) is 17.4 Å². The van der Waals surface area contributed by atoms with Crippen molar-refractivity contribution in [2.45, 2.75) is 32.6 Å². The molecule has 17 heavy (non-hydrogen) atoms. The van der Waals surface area contributed by atoms with Gasteiger partial charge >= 0.3 is 0 Å². The molecule has 0 spiro atoms. The summed E-state index contributed by atoms with van der Waals surface area (Å²) in [5, 5.41) is 2.55. The summed E-state index contributed by atoms with van der Waals surface area (Å²) in [5.41, 5.74) is 0. The van der Waals surface area contributed by atoms with Crippen molar-refractivity contribution in [1.82, 2.24) is 14.3 Å². The predicted octanol–water partition coefficient (Wildman–Crippen LogP) is -0.167. The summed E-state index contributed by atoms with van der Waals surface area (Å²) in [6.45, 7) is 3.20. The molecule has 1 aliphatic rings. The number of hydrogen-bond donors (Lipinski definition) is 2. The zero-order valence-corrected chi connectivity index (χ0v) is 11.1. The van der Waals surface area contributed by atoms with E-state index in [-0.39, 0.29) is 12.5 Å². The van der Waals surface area contributed by atoms with Gasteiger partial charge in [0, 0.05) is 19.6 Å². The fraction of sp³-hybridized carbons (Fsp3) is 0.900. The summed E-state index contributed by atoms with van der Waals surface area (Å²) >= 11 is 0. The van der Waals surface area contributed by atoms with Gasteiger partial charge in [-0.3, -0.25) is 4.79 Å². The van der Waals surface area contributed by atoms with E-state index < -0.39 is 10.2 Å². The van der Waals surface area contributed by atoms with E-state index in [1.165, 1.54) is 4.31 Å². The highest BCUT2D eigenvalue weighted by atomic mass is 32.2. The highest BCUT2D eigenvalue weighted by molar-refractivity contribution is 7.87. The number of rotatable bonds is 5. The van der Waals surface area contributed by atoms with Crippen molar-refractivity contribution in [2.24, 2.45) is 0 Å². The number of carbonyl (C=O) groups is 1. The van der Waals surface area contributed by atoms with Crippen molar-refractivity contribution in [1.29, 1.82) is 0 Å². The molecule has 0 aromatic carbocycles. The Labute approximate surface area is 103 Å². The normalized spacial score (nSPS) is 18.6. The summed E-state index contributed by atoms with van der Waals surface area (Å²) in [6, 6.07) is 0. The second kappa shape index (κ2) is 6.93. The van der Waals surface area contributed by atoms with Gasteiger partial charge in [-0.1, -0.05) is 12.8 Å². The Hall–Kier alpha value is -0.660. The third-order valence-electron chi connectivity index (χ3n) is 2.69. The molecule has 1 fully saturated rings. The molecule has 100 valence electrons. The third kappa shape index (κ3) is 5.01. The van der Waals surface area contributed by atoms with Crippen molar-refractivity contribution < 1.29 is 13.2 Å². The summed E-state index contributed by atoms with van der Waals surface area (Å²) in [5.74, 6) is -0.300. The van der Waals surface area contributed by atoms with E-state index in [1.54, 1.807) is 6.92 Å². The van der Waals surface area contributed by atoms with E-state index in [1.807, 2.05) is 0 Å². The van der Waals surface area contributed by atoms with Gasteiger partial charge in [-0.05, 0) is 19.8 Å². The Balaban J connectivity index is 2.46. The maximum Gasteiger partial charge on any atom is 0.279 e. The first kappa shape index (κ1) is 14.4. The zero-order valence-electron chi connectivity index (χ0n) is 10.2. The summed E-state index contributed by atoms with van der Waals surface area (Å²) < 4.78 is 27.5. The monoisotopic (exact) mass is 263 g/mol. The van der Waals surface area contributed by atoms with Crippen LogP contribution in [0.4, 0.5) is 0 Å². The first-order valence-electron chi connectivity index (χ1n) is 6.07. The van der Waals surface area contributed by atoms with E-state index in [0.717, 1.165) is 25.7 Å². The van der Waals surface area contributed by atoms with E-state index in [9.17, 15) is 13.2 Å². The molecule has 2 N–H and O–H groups in total. The van der Waals surface area contributed by atoms with Crippen LogP contribution in [0, 0.1) is 0 Å². The molecule has 7 heteroatoms. The van der Waals surface area contributed by atoms with Gasteiger partial charge in [-0.15, -0.1) is 0 Å². The first-order valence-corrected chi connectivity index (χ1v) is 7.51. The standard InChI is InChI=1S/C10H21N3O3S/c1-2-11-10(14)9-12-17(15,16)13-7-5-3-4-6-8-13/h12H,2-9H2,1H3,(H,11,14). The first-order chi connectivity index (χ1) is 8.06. The highest BCUT2D eigenvalue weighted by Crippen LogP contribution is 2.11. The van der Waals surface area contributed by atoms with Crippen LogP contribution in [-0.2, 0) is 15.0 Å². The molecule has 0 aromatic heterocycles. The molecule has 1 rings (SSSR count). The van der Waals surface area contributed by atoms with Crippen LogP contribution in [0.25, 0.3) is 0 Å². The minimum absolute atomic E-state index is 0.188. The maximum atomic E-state index is 11.9. The summed E-state index contributed by atoms with van der Waals surface area (Å²) in [6.07, 6.45) is 3.93. The van der Waals surface area contributed by atoms with Gasteiger partial charge in [0.2, 0.25) is 5.91 Å². The van der Waals surface area contributed by atoms with Gasteiger partial charge in [0.15, 0.2) is 0 Å². The molecule has 1 amide bonds. The number of carbonyl (C=O) groups excluding carboxylic acids is 1. The van der Waals surface area contributed by atoms with E-state index >= 15 is 0 Å². The van der Waals surface area contributed by atoms with Crippen LogP contribution < -0.4 is 10.0 Å². The molecule has 1 aliphatic heterocycles. The van der Waals surface area contributed by atoms with Gasteiger partial charge in [0.05, 0.1) is 6.54 Å². The largest absolute Gasteiger partial charge is 0.355 e. The molecule has 0 saturated carbocycles. The third-order valence-corrected chi connectivity index (χ3v) is 4.25. The SMILES string of the molecule is CCNC(=O)CNS(=O)(=O)N1CCCCCC1. The second-order valence-corrected chi connectivity index (χ2v) is 5.85. The lowest BCUT2D eigenvalue weighted by Crippen LogP contribution is -2.45. The molecular formula is C10H21N3O3S. The van der Waals surface area contributed by atoms with Crippen LogP contribution in [0.3, 0.4) is 0 Å². The van der Waals surface area contributed by atoms with Gasteiger partial charge in [0.1, 0.15) is 0 Å². The molecule has 1 saturated heterocycles. The minimum Gasteiger partial charge on any atom is -0.355 e. The van der Waals surface area contributed by atoms with Crippen LogP contribution in [0.2, 0.25) is 0 Å². The van der Waals surface area contributed by atoms with Crippen LogP contribution >= 0.6 is 0 Å². The zero-order chi connectivity index (χ0) is 12.7. The fourth-order valence-corrected chi connectivity index (χ4v) is 3.02. The van der Waals surface area contributed by atoms with Gasteiger partial charge < -0.3 is 5.32 Å². The number of likely N-dealkylation sites (N-methyl/N-ethyl adjacent to an activating group) is 1. The Kier molecular flexibility index (Phi) is 5.87. The molecule has 0 aliphatic carbocycles. The van der Waals surface area contributed by atoms with E-state index in [4.69, 9.17) is 0 Å². The summed E-state index contributed by atoms with van der Waals surface area (Å²) in [7, 11) is -3.50. The van der Waals surface area contributed by atoms with Crippen LogP contribution in [-0.4, -0.2) is 44.8 Å². The Bertz CT molecular complexity index is 335. The van der Waals surface area contributed by atoms with Crippen molar-refractivity contribution in [3.63, 3.8) is 0 Å². The van der Waals surface area contributed by atoms with Gasteiger partial charge in [-0.25, -0.2) is 0 Å². The molecule has 6 nitrogen and oxygen atoms in total. The van der Waals surface area contributed by atoms with Crippen molar-refractivity contribution in [3.8, 4) is 0 Å². The van der Waals surface area contributed by atoms with Gasteiger partial charge in [0.25, 0.3) is 10.2 Å². The topological polar surface area (TPSA) is 78.5 Å². The van der Waals surface area contributed by atoms with Crippen molar-refractivity contribution >= 4 is 16.1 Å². The number of nitrogens with one attached hydrogen (secondary N) is 2. The quantitative estimate of drug-likeness (QED) is 0.723. The van der Waals surface area contributed by atoms with E-state index in [0.29, 0.717) is 19.6 Å². The lowest BCUT2D eigenvalue weighted by Gasteiger charge is -2.19. The predicted molar refractivity (Wildman–Crippen MR) is 65.6 cm³/mol. The van der Waals surface area contributed by atoms with Crippen molar-refractivity contribution in [3.05, 3.63) is 0 Å². The molecular weight excluding hydrogens is 242 g/mol. The maximum absolute atomic E-state index is 11.9. The van der Waals surface area contributed by atoms with Crippen LogP contribution in [0.1, 0.15) is 32.6 Å². The van der Waals surface area contributed by atoms with E-state index in [2.05, 4.69) is 10.0 Å². The molecule has 1 heterocycles. The molecule has 0 unspecified atom stereocenters. The molecule has 0 aromatic rings. The van der Waals surface area contributed by atoms with Crippen LogP contribution in [0.5, 0.6) is 0 Å². The smallest absolute Gasteiger partial charge is 0.279 e. The average Bonchev–Trinajstić information content (AvgIpc) is 2.56. The number of hydrogen-bond acceptors (Lipinski definition) is 3. The lowest BCUT2D eigenvalue weighted by atomic mass is 10.2. The molecule has 0 bridgehead atoms. The molecule has 0 atom stereocenters. The number of nitrogens with zero attached hydrogens (tertiary/aromatic N) is 1. The lowest BCUT2D eigenvalue weighted by molar-refractivity contribution is -0.119. The highest BCUT2D eigenvalue weighted by Gasteiger charge is 2.22. The van der Waals surface area contributed by atoms with Crippen LogP contribution in [0.15, 0.2) is 0 Å². The molecule has 0 radical (unpaired) electrons. The minimum atomic E-state index is -3.50. The second-order valence-electron chi connectivity index (χ2n) is 4.09. The summed E-state index contributed by atoms with van der Waals surface area (Å²) in [4.78, 5) is 11.2. The van der Waals surface area contributed by atoms with Crippen molar-refractivity contribution in [2.75, 3.05) is 26.2 Å². The number of amides is 1. The fourth-order valence-electron chi connectivity index (χ4n) is 1.79.